The Morgan fingerprint density at radius 1 is 1.36 bits per heavy atom. The molecule has 2 amide bonds. The number of hydrogen-bond donors (Lipinski definition) is 1. The molecule has 0 spiro atoms. The van der Waals surface area contributed by atoms with Crippen LogP contribution >= 0.6 is 0 Å². The number of carbonyl (C=O) groups excluding carboxylic acids is 2. The van der Waals surface area contributed by atoms with E-state index in [1.807, 2.05) is 32.9 Å². The number of aromatic nitrogens is 1. The van der Waals surface area contributed by atoms with E-state index in [1.165, 1.54) is 12.8 Å². The number of nitrogens with zero attached hydrogens (tertiary/aromatic N) is 2. The zero-order valence-electron chi connectivity index (χ0n) is 17.4. The molecule has 156 valence electrons. The molecule has 1 aliphatic rings. The first-order valence-electron chi connectivity index (χ1n) is 10.0. The lowest BCUT2D eigenvalue weighted by Crippen LogP contribution is -2.39. The van der Waals surface area contributed by atoms with E-state index in [1.54, 1.807) is 24.2 Å². The lowest BCUT2D eigenvalue weighted by Gasteiger charge is -2.27. The standard InChI is InChI=1S/C21H33N3O4/c1-16(27-15-17-8-9-17)19(25)23-11-6-12-24(20(26)28-21(2,3)4)14-18-7-5-10-22-13-18/h5,7,10,13,16-17H,6,8-9,11-12,14-15H2,1-4H3,(H,23,25). The second-order valence-corrected chi connectivity index (χ2v) is 8.33. The van der Waals surface area contributed by atoms with Crippen LogP contribution in [0.1, 0.15) is 52.5 Å². The van der Waals surface area contributed by atoms with Gasteiger partial charge in [0.05, 0.1) is 13.2 Å². The second kappa shape index (κ2) is 10.4. The van der Waals surface area contributed by atoms with Crippen molar-refractivity contribution in [3.63, 3.8) is 0 Å². The number of rotatable bonds is 10. The van der Waals surface area contributed by atoms with Crippen molar-refractivity contribution in [2.75, 3.05) is 19.7 Å². The summed E-state index contributed by atoms with van der Waals surface area (Å²) in [6, 6.07) is 3.76. The number of hydrogen-bond acceptors (Lipinski definition) is 5. The van der Waals surface area contributed by atoms with E-state index in [-0.39, 0.29) is 12.0 Å². The Morgan fingerprint density at radius 2 is 2.11 bits per heavy atom. The largest absolute Gasteiger partial charge is 0.444 e. The van der Waals surface area contributed by atoms with Crippen molar-refractivity contribution in [3.05, 3.63) is 30.1 Å². The topological polar surface area (TPSA) is 80.8 Å². The highest BCUT2D eigenvalue weighted by Crippen LogP contribution is 2.29. The molecule has 0 aliphatic heterocycles. The van der Waals surface area contributed by atoms with Crippen molar-refractivity contribution in [3.8, 4) is 0 Å². The van der Waals surface area contributed by atoms with Crippen molar-refractivity contribution in [1.29, 1.82) is 0 Å². The van der Waals surface area contributed by atoms with Crippen molar-refractivity contribution in [1.82, 2.24) is 15.2 Å². The highest BCUT2D eigenvalue weighted by molar-refractivity contribution is 5.80. The Kier molecular flexibility index (Phi) is 8.23. The maximum Gasteiger partial charge on any atom is 0.410 e. The van der Waals surface area contributed by atoms with Gasteiger partial charge in [-0.1, -0.05) is 6.07 Å². The van der Waals surface area contributed by atoms with Gasteiger partial charge in [-0.05, 0) is 64.5 Å². The summed E-state index contributed by atoms with van der Waals surface area (Å²) in [6.07, 6.45) is 5.64. The molecule has 0 aromatic carbocycles. The normalized spacial score (nSPS) is 15.0. The number of nitrogens with one attached hydrogen (secondary N) is 1. The molecule has 1 fully saturated rings. The van der Waals surface area contributed by atoms with Crippen molar-refractivity contribution >= 4 is 12.0 Å². The van der Waals surface area contributed by atoms with Crippen LogP contribution in [0.2, 0.25) is 0 Å². The molecule has 1 unspecified atom stereocenters. The zero-order chi connectivity index (χ0) is 20.6. The molecule has 1 atom stereocenters. The lowest BCUT2D eigenvalue weighted by atomic mass is 10.2. The lowest BCUT2D eigenvalue weighted by molar-refractivity contribution is -0.132. The fourth-order valence-corrected chi connectivity index (χ4v) is 2.54. The number of pyridine rings is 1. The smallest absolute Gasteiger partial charge is 0.410 e. The Balaban J connectivity index is 1.78. The molecule has 7 nitrogen and oxygen atoms in total. The van der Waals surface area contributed by atoms with Gasteiger partial charge in [0, 0.05) is 25.5 Å². The van der Waals surface area contributed by atoms with Gasteiger partial charge in [0.1, 0.15) is 11.7 Å². The van der Waals surface area contributed by atoms with Gasteiger partial charge in [0.2, 0.25) is 5.91 Å². The van der Waals surface area contributed by atoms with Gasteiger partial charge < -0.3 is 19.7 Å². The van der Waals surface area contributed by atoms with E-state index in [4.69, 9.17) is 9.47 Å². The Bertz CT molecular complexity index is 626. The first-order valence-corrected chi connectivity index (χ1v) is 10.0. The van der Waals surface area contributed by atoms with Crippen molar-refractivity contribution < 1.29 is 19.1 Å². The molecule has 0 bridgehead atoms. The second-order valence-electron chi connectivity index (χ2n) is 8.33. The fourth-order valence-electron chi connectivity index (χ4n) is 2.54. The van der Waals surface area contributed by atoms with Gasteiger partial charge in [-0.2, -0.15) is 0 Å². The summed E-state index contributed by atoms with van der Waals surface area (Å²) in [5, 5.41) is 2.88. The molecule has 2 rings (SSSR count). The van der Waals surface area contributed by atoms with E-state index < -0.39 is 11.7 Å². The molecule has 28 heavy (non-hydrogen) atoms. The summed E-state index contributed by atoms with van der Waals surface area (Å²) in [4.78, 5) is 30.3. The first-order chi connectivity index (χ1) is 13.2. The number of amides is 2. The van der Waals surface area contributed by atoms with Gasteiger partial charge in [0.25, 0.3) is 0 Å². The van der Waals surface area contributed by atoms with E-state index in [9.17, 15) is 9.59 Å². The summed E-state index contributed by atoms with van der Waals surface area (Å²) in [5.74, 6) is 0.516. The van der Waals surface area contributed by atoms with Gasteiger partial charge >= 0.3 is 6.09 Å². The molecule has 0 radical (unpaired) electrons. The third-order valence-corrected chi connectivity index (χ3v) is 4.30. The maximum atomic E-state index is 12.5. The molecule has 1 saturated carbocycles. The highest BCUT2D eigenvalue weighted by Gasteiger charge is 2.24. The van der Waals surface area contributed by atoms with Crippen LogP contribution in [-0.4, -0.2) is 53.3 Å². The summed E-state index contributed by atoms with van der Waals surface area (Å²) in [7, 11) is 0. The summed E-state index contributed by atoms with van der Waals surface area (Å²) < 4.78 is 11.1. The molecule has 1 aromatic heterocycles. The molecule has 1 N–H and O–H groups in total. The van der Waals surface area contributed by atoms with Crippen LogP contribution in [0.4, 0.5) is 4.79 Å². The SMILES string of the molecule is CC(OCC1CC1)C(=O)NCCCN(Cc1cccnc1)C(=O)OC(C)(C)C. The molecule has 0 saturated heterocycles. The predicted octanol–water partition coefficient (Wildman–Crippen LogP) is 3.14. The molecule has 1 heterocycles. The molecular weight excluding hydrogens is 358 g/mol. The number of carbonyl (C=O) groups is 2. The fraction of sp³-hybridized carbons (Fsp3) is 0.667. The Morgan fingerprint density at radius 3 is 2.71 bits per heavy atom. The van der Waals surface area contributed by atoms with Crippen LogP contribution in [0, 0.1) is 5.92 Å². The molecule has 7 heteroatoms. The molecular formula is C21H33N3O4. The van der Waals surface area contributed by atoms with E-state index in [0.29, 0.717) is 38.6 Å². The van der Waals surface area contributed by atoms with Gasteiger partial charge in [-0.3, -0.25) is 9.78 Å². The van der Waals surface area contributed by atoms with Crippen molar-refractivity contribution in [2.24, 2.45) is 5.92 Å². The summed E-state index contributed by atoms with van der Waals surface area (Å²) >= 11 is 0. The average molecular weight is 392 g/mol. The predicted molar refractivity (Wildman–Crippen MR) is 107 cm³/mol. The van der Waals surface area contributed by atoms with Crippen LogP contribution in [-0.2, 0) is 20.8 Å². The first kappa shape index (κ1) is 22.1. The Labute approximate surface area is 167 Å². The molecule has 1 aromatic rings. The Hall–Kier alpha value is -2.15. The molecule has 1 aliphatic carbocycles. The third-order valence-electron chi connectivity index (χ3n) is 4.30. The van der Waals surface area contributed by atoms with Gasteiger partial charge in [0.15, 0.2) is 0 Å². The number of ether oxygens (including phenoxy) is 2. The minimum Gasteiger partial charge on any atom is -0.444 e. The van der Waals surface area contributed by atoms with E-state index in [2.05, 4.69) is 10.3 Å². The van der Waals surface area contributed by atoms with Crippen LogP contribution in [0.15, 0.2) is 24.5 Å². The highest BCUT2D eigenvalue weighted by atomic mass is 16.6. The van der Waals surface area contributed by atoms with Crippen LogP contribution in [0.25, 0.3) is 0 Å². The monoisotopic (exact) mass is 391 g/mol. The summed E-state index contributed by atoms with van der Waals surface area (Å²) in [6.45, 7) is 9.32. The van der Waals surface area contributed by atoms with Gasteiger partial charge in [-0.25, -0.2) is 4.79 Å². The minimum absolute atomic E-state index is 0.114. The summed E-state index contributed by atoms with van der Waals surface area (Å²) in [5.41, 5.74) is 0.367. The van der Waals surface area contributed by atoms with E-state index >= 15 is 0 Å². The van der Waals surface area contributed by atoms with Crippen molar-refractivity contribution in [2.45, 2.75) is 65.2 Å². The minimum atomic E-state index is -0.563. The van der Waals surface area contributed by atoms with Crippen LogP contribution in [0.5, 0.6) is 0 Å². The van der Waals surface area contributed by atoms with Gasteiger partial charge in [-0.15, -0.1) is 0 Å². The maximum absolute atomic E-state index is 12.5. The van der Waals surface area contributed by atoms with Crippen LogP contribution in [0.3, 0.4) is 0 Å². The average Bonchev–Trinajstić information content (AvgIpc) is 3.45. The third kappa shape index (κ3) is 8.69. The quantitative estimate of drug-likeness (QED) is 0.620. The zero-order valence-corrected chi connectivity index (χ0v) is 17.4. The van der Waals surface area contributed by atoms with Crippen LogP contribution < -0.4 is 5.32 Å². The van der Waals surface area contributed by atoms with E-state index in [0.717, 1.165) is 5.56 Å².